The number of amides is 1. The molecule has 1 aromatic rings. The third-order valence-corrected chi connectivity index (χ3v) is 6.10. The van der Waals surface area contributed by atoms with E-state index in [-0.39, 0.29) is 36.4 Å². The lowest BCUT2D eigenvalue weighted by molar-refractivity contribution is -0.127. The Labute approximate surface area is 195 Å². The number of thioether (sulfide) groups is 1. The van der Waals surface area contributed by atoms with Gasteiger partial charge in [-0.15, -0.1) is 35.7 Å². The summed E-state index contributed by atoms with van der Waals surface area (Å²) in [6.07, 6.45) is 5.63. The summed E-state index contributed by atoms with van der Waals surface area (Å²) in [6.45, 7) is 5.05. The second-order valence-electron chi connectivity index (χ2n) is 7.33. The number of rotatable bonds is 7. The van der Waals surface area contributed by atoms with Gasteiger partial charge in [-0.05, 0) is 18.6 Å². The molecule has 29 heavy (non-hydrogen) atoms. The summed E-state index contributed by atoms with van der Waals surface area (Å²) in [6, 6.07) is 11.0. The molecule has 1 aromatic carbocycles. The van der Waals surface area contributed by atoms with E-state index in [0.29, 0.717) is 6.04 Å². The maximum absolute atomic E-state index is 12.0. The van der Waals surface area contributed by atoms with Gasteiger partial charge >= 0.3 is 0 Å². The molecule has 1 amide bonds. The highest BCUT2D eigenvalue weighted by atomic mass is 127. The summed E-state index contributed by atoms with van der Waals surface area (Å²) in [5.74, 6) is 1.84. The van der Waals surface area contributed by atoms with Crippen molar-refractivity contribution < 1.29 is 4.79 Å². The average Bonchev–Trinajstić information content (AvgIpc) is 3.39. The summed E-state index contributed by atoms with van der Waals surface area (Å²) < 4.78 is 0. The van der Waals surface area contributed by atoms with Crippen molar-refractivity contribution in [1.82, 2.24) is 20.0 Å². The van der Waals surface area contributed by atoms with Crippen LogP contribution in [-0.2, 0) is 4.79 Å². The average molecular weight is 529 g/mol. The number of carbonyl (C=O) groups excluding carboxylic acids is 1. The van der Waals surface area contributed by atoms with Crippen LogP contribution in [0.3, 0.4) is 0 Å². The third kappa shape index (κ3) is 7.49. The second-order valence-corrected chi connectivity index (χ2v) is 8.50. The van der Waals surface area contributed by atoms with Crippen LogP contribution >= 0.6 is 35.7 Å². The van der Waals surface area contributed by atoms with Crippen molar-refractivity contribution in [3.05, 3.63) is 42.5 Å². The van der Waals surface area contributed by atoms with E-state index in [1.54, 1.807) is 19.0 Å². The van der Waals surface area contributed by atoms with Gasteiger partial charge in [0.15, 0.2) is 5.96 Å². The molecule has 0 spiro atoms. The van der Waals surface area contributed by atoms with Crippen molar-refractivity contribution in [1.29, 1.82) is 0 Å². The first-order chi connectivity index (χ1) is 13.6. The van der Waals surface area contributed by atoms with E-state index in [4.69, 9.17) is 0 Å². The maximum Gasteiger partial charge on any atom is 0.243 e. The monoisotopic (exact) mass is 529 g/mol. The van der Waals surface area contributed by atoms with E-state index in [2.05, 4.69) is 56.5 Å². The smallest absolute Gasteiger partial charge is 0.243 e. The first-order valence-electron chi connectivity index (χ1n) is 9.94. The molecule has 1 atom stereocenters. The van der Waals surface area contributed by atoms with Crippen molar-refractivity contribution in [2.24, 2.45) is 4.99 Å². The number of aliphatic imine (C=N–C) groups is 1. The van der Waals surface area contributed by atoms with Gasteiger partial charge in [0, 0.05) is 63.5 Å². The van der Waals surface area contributed by atoms with E-state index in [1.165, 1.54) is 4.90 Å². The van der Waals surface area contributed by atoms with Crippen LogP contribution < -0.4 is 5.32 Å². The SMILES string of the molecule is CN(C)C(=O)CN=C(NCCSc1ccccc1)N1CCC(N2CC=CC2)C1.I. The normalized spacial score (nSPS) is 19.3. The molecule has 1 saturated heterocycles. The van der Waals surface area contributed by atoms with Crippen molar-refractivity contribution >= 4 is 47.6 Å². The zero-order chi connectivity index (χ0) is 19.8. The molecule has 0 saturated carbocycles. The Kier molecular flexibility index (Phi) is 10.3. The minimum Gasteiger partial charge on any atom is -0.355 e. The molecule has 3 rings (SSSR count). The fourth-order valence-electron chi connectivity index (χ4n) is 3.42. The van der Waals surface area contributed by atoms with E-state index in [0.717, 1.165) is 50.9 Å². The predicted molar refractivity (Wildman–Crippen MR) is 132 cm³/mol. The molecule has 6 nitrogen and oxygen atoms in total. The molecule has 1 unspecified atom stereocenters. The molecular weight excluding hydrogens is 497 g/mol. The molecule has 0 aromatic heterocycles. The Bertz CT molecular complexity index is 690. The highest BCUT2D eigenvalue weighted by Crippen LogP contribution is 2.18. The molecular formula is C21H32IN5OS. The molecule has 0 aliphatic carbocycles. The number of hydrogen-bond donors (Lipinski definition) is 1. The van der Waals surface area contributed by atoms with Gasteiger partial charge in [-0.2, -0.15) is 0 Å². The van der Waals surface area contributed by atoms with Gasteiger partial charge < -0.3 is 15.1 Å². The number of guanidine groups is 1. The van der Waals surface area contributed by atoms with Gasteiger partial charge in [0.05, 0.1) is 0 Å². The van der Waals surface area contributed by atoms with Crippen molar-refractivity contribution in [2.75, 3.05) is 59.1 Å². The number of likely N-dealkylation sites (N-methyl/N-ethyl adjacent to an activating group) is 1. The standard InChI is InChI=1S/C21H31N5OS.HI/c1-24(2)20(27)16-23-21(22-11-15-28-19-8-4-3-5-9-19)26-14-10-18(17-26)25-12-6-7-13-25;/h3-9,18H,10-17H2,1-2H3,(H,22,23);1H. The van der Waals surface area contributed by atoms with Crippen molar-refractivity contribution in [3.63, 3.8) is 0 Å². The Morgan fingerprint density at radius 2 is 1.97 bits per heavy atom. The van der Waals surface area contributed by atoms with E-state index in [1.807, 2.05) is 17.8 Å². The van der Waals surface area contributed by atoms with Gasteiger partial charge in [0.25, 0.3) is 0 Å². The van der Waals surface area contributed by atoms with Crippen molar-refractivity contribution in [2.45, 2.75) is 17.4 Å². The van der Waals surface area contributed by atoms with Crippen LogP contribution in [0.15, 0.2) is 52.4 Å². The van der Waals surface area contributed by atoms with Gasteiger partial charge in [-0.25, -0.2) is 4.99 Å². The zero-order valence-corrected chi connectivity index (χ0v) is 20.4. The quantitative estimate of drug-likeness (QED) is 0.147. The Hall–Kier alpha value is -1.26. The molecule has 0 bridgehead atoms. The number of carbonyl (C=O) groups is 1. The second kappa shape index (κ2) is 12.4. The van der Waals surface area contributed by atoms with Gasteiger partial charge in [-0.1, -0.05) is 30.4 Å². The molecule has 0 radical (unpaired) electrons. The van der Waals surface area contributed by atoms with E-state index < -0.39 is 0 Å². The van der Waals surface area contributed by atoms with Gasteiger partial charge in [0.1, 0.15) is 6.54 Å². The lowest BCUT2D eigenvalue weighted by Gasteiger charge is -2.25. The van der Waals surface area contributed by atoms with Crippen LogP contribution in [0.25, 0.3) is 0 Å². The number of hydrogen-bond acceptors (Lipinski definition) is 4. The van der Waals surface area contributed by atoms with Crippen LogP contribution in [0.5, 0.6) is 0 Å². The maximum atomic E-state index is 12.0. The number of likely N-dealkylation sites (tertiary alicyclic amines) is 1. The first kappa shape index (κ1) is 24.0. The Morgan fingerprint density at radius 1 is 1.24 bits per heavy atom. The highest BCUT2D eigenvalue weighted by molar-refractivity contribution is 14.0. The minimum absolute atomic E-state index is 0. The van der Waals surface area contributed by atoms with Crippen LogP contribution in [0.1, 0.15) is 6.42 Å². The van der Waals surface area contributed by atoms with Crippen molar-refractivity contribution in [3.8, 4) is 0 Å². The molecule has 2 aliphatic rings. The molecule has 160 valence electrons. The minimum atomic E-state index is 0. The fourth-order valence-corrected chi connectivity index (χ4v) is 4.21. The summed E-state index contributed by atoms with van der Waals surface area (Å²) in [5.41, 5.74) is 0. The Balaban J connectivity index is 0.00000300. The third-order valence-electron chi connectivity index (χ3n) is 5.09. The first-order valence-corrected chi connectivity index (χ1v) is 10.9. The zero-order valence-electron chi connectivity index (χ0n) is 17.3. The Morgan fingerprint density at radius 3 is 2.66 bits per heavy atom. The summed E-state index contributed by atoms with van der Waals surface area (Å²) in [4.78, 5) is 24.3. The van der Waals surface area contributed by atoms with E-state index >= 15 is 0 Å². The highest BCUT2D eigenvalue weighted by Gasteiger charge is 2.29. The van der Waals surface area contributed by atoms with Gasteiger partial charge in [-0.3, -0.25) is 9.69 Å². The number of nitrogens with one attached hydrogen (secondary N) is 1. The van der Waals surface area contributed by atoms with Crippen LogP contribution in [-0.4, -0.2) is 91.7 Å². The number of halogens is 1. The van der Waals surface area contributed by atoms with Crippen LogP contribution in [0.4, 0.5) is 0 Å². The number of benzene rings is 1. The lowest BCUT2D eigenvalue weighted by Crippen LogP contribution is -2.44. The number of nitrogens with zero attached hydrogens (tertiary/aromatic N) is 4. The molecule has 2 heterocycles. The predicted octanol–water partition coefficient (Wildman–Crippen LogP) is 2.38. The summed E-state index contributed by atoms with van der Waals surface area (Å²) in [7, 11) is 3.54. The molecule has 1 N–H and O–H groups in total. The van der Waals surface area contributed by atoms with Crippen LogP contribution in [0, 0.1) is 0 Å². The largest absolute Gasteiger partial charge is 0.355 e. The topological polar surface area (TPSA) is 51.2 Å². The summed E-state index contributed by atoms with van der Waals surface area (Å²) in [5, 5.41) is 3.49. The van der Waals surface area contributed by atoms with Crippen LogP contribution in [0.2, 0.25) is 0 Å². The summed E-state index contributed by atoms with van der Waals surface area (Å²) >= 11 is 1.83. The molecule has 1 fully saturated rings. The lowest BCUT2D eigenvalue weighted by atomic mass is 10.2. The van der Waals surface area contributed by atoms with E-state index in [9.17, 15) is 4.79 Å². The van der Waals surface area contributed by atoms with Gasteiger partial charge in [0.2, 0.25) is 5.91 Å². The fraction of sp³-hybridized carbons (Fsp3) is 0.524. The molecule has 2 aliphatic heterocycles. The molecule has 8 heteroatoms.